The van der Waals surface area contributed by atoms with Crippen molar-refractivity contribution in [3.63, 3.8) is 0 Å². The lowest BCUT2D eigenvalue weighted by molar-refractivity contribution is -0.160. The molecule has 0 spiro atoms. The van der Waals surface area contributed by atoms with Crippen molar-refractivity contribution in [2.45, 2.75) is 57.0 Å². The smallest absolute Gasteiger partial charge is 0.268 e. The van der Waals surface area contributed by atoms with Crippen LogP contribution < -0.4 is 16.0 Å². The number of nitrogens with zero attached hydrogens (tertiary/aromatic N) is 1. The Morgan fingerprint density at radius 2 is 1.92 bits per heavy atom. The number of nitrogens with one attached hydrogen (secondary N) is 3. The van der Waals surface area contributed by atoms with Crippen molar-refractivity contribution in [3.05, 3.63) is 71.0 Å². The van der Waals surface area contributed by atoms with Gasteiger partial charge in [0.1, 0.15) is 17.1 Å². The number of alkyl halides is 2. The summed E-state index contributed by atoms with van der Waals surface area (Å²) in [5.41, 5.74) is 0.305. The Morgan fingerprint density at radius 3 is 2.51 bits per heavy atom. The van der Waals surface area contributed by atoms with E-state index in [2.05, 4.69) is 29.1 Å². The summed E-state index contributed by atoms with van der Waals surface area (Å²) >= 11 is 0. The molecule has 2 amide bonds. The fourth-order valence-corrected chi connectivity index (χ4v) is 5.54. The minimum Gasteiger partial charge on any atom is -0.368 e. The summed E-state index contributed by atoms with van der Waals surface area (Å²) in [7, 11) is 1.34. The molecular formula is C27H31F3N4O3. The van der Waals surface area contributed by atoms with Gasteiger partial charge in [0.25, 0.3) is 11.8 Å². The van der Waals surface area contributed by atoms with Crippen LogP contribution in [0.4, 0.5) is 13.2 Å². The number of rotatable bonds is 10. The highest BCUT2D eigenvalue weighted by Gasteiger charge is 2.61. The lowest BCUT2D eigenvalue weighted by atomic mass is 9.72. The summed E-state index contributed by atoms with van der Waals surface area (Å²) in [6, 6.07) is 0.102. The third-order valence-corrected chi connectivity index (χ3v) is 7.40. The van der Waals surface area contributed by atoms with E-state index < -0.39 is 47.7 Å². The molecule has 4 rings (SSSR count). The highest BCUT2D eigenvalue weighted by molar-refractivity contribution is 6.12. The largest absolute Gasteiger partial charge is 0.368 e. The van der Waals surface area contributed by atoms with Crippen LogP contribution in [0.2, 0.25) is 0 Å². The van der Waals surface area contributed by atoms with Crippen molar-refractivity contribution >= 4 is 17.6 Å². The molecule has 2 heterocycles. The van der Waals surface area contributed by atoms with Crippen LogP contribution >= 0.6 is 0 Å². The Balaban J connectivity index is 1.57. The number of amides is 2. The first-order valence-corrected chi connectivity index (χ1v) is 12.1. The van der Waals surface area contributed by atoms with Gasteiger partial charge in [-0.15, -0.1) is 0 Å². The molecule has 2 fully saturated rings. The van der Waals surface area contributed by atoms with E-state index in [1.54, 1.807) is 13.8 Å². The molecule has 2 saturated carbocycles. The summed E-state index contributed by atoms with van der Waals surface area (Å²) in [5, 5.41) is 7.74. The minimum absolute atomic E-state index is 0.0541. The zero-order chi connectivity index (χ0) is 27.3. The molecule has 10 heteroatoms. The molecule has 0 saturated heterocycles. The quantitative estimate of drug-likeness (QED) is 0.250. The Labute approximate surface area is 213 Å². The monoisotopic (exact) mass is 516 g/mol. The molecule has 0 bridgehead atoms. The van der Waals surface area contributed by atoms with E-state index in [0.29, 0.717) is 40.4 Å². The number of ketones is 1. The van der Waals surface area contributed by atoms with Gasteiger partial charge in [-0.1, -0.05) is 25.3 Å². The predicted molar refractivity (Wildman–Crippen MR) is 133 cm³/mol. The molecule has 1 aliphatic heterocycles. The average Bonchev–Trinajstić information content (AvgIpc) is 3.39. The first-order valence-electron chi connectivity index (χ1n) is 12.1. The number of allylic oxidation sites excluding steroid dienone is 5. The van der Waals surface area contributed by atoms with Crippen molar-refractivity contribution in [2.75, 3.05) is 13.6 Å². The summed E-state index contributed by atoms with van der Waals surface area (Å²) in [6.07, 6.45) is 4.23. The number of likely N-dealkylation sites (N-methyl/N-ethyl adjacent to an activating group) is 1. The van der Waals surface area contributed by atoms with E-state index in [4.69, 9.17) is 0 Å². The van der Waals surface area contributed by atoms with Crippen LogP contribution in [0.15, 0.2) is 48.5 Å². The maximum absolute atomic E-state index is 14.2. The highest BCUT2D eigenvalue weighted by Crippen LogP contribution is 2.54. The minimum atomic E-state index is -3.02. The van der Waals surface area contributed by atoms with Gasteiger partial charge in [0.15, 0.2) is 0 Å². The van der Waals surface area contributed by atoms with Crippen LogP contribution in [0.3, 0.4) is 0 Å². The van der Waals surface area contributed by atoms with Crippen molar-refractivity contribution in [3.8, 4) is 0 Å². The van der Waals surface area contributed by atoms with Gasteiger partial charge >= 0.3 is 0 Å². The van der Waals surface area contributed by atoms with Crippen molar-refractivity contribution in [1.82, 2.24) is 20.5 Å². The Kier molecular flexibility index (Phi) is 6.73. The van der Waals surface area contributed by atoms with Gasteiger partial charge in [0.05, 0.1) is 5.70 Å². The van der Waals surface area contributed by atoms with Crippen LogP contribution in [-0.2, 0) is 11.2 Å². The number of fused-ring (bicyclic) bond motifs is 3. The van der Waals surface area contributed by atoms with Crippen LogP contribution in [0, 0.1) is 12.8 Å². The molecule has 3 aliphatic rings. The SMILES string of the molecule is C=C/C=C(C)\C(F)=C/CNC(=O)c1c(C)c(C(=O)C(=C)NC2(C(=O)NC)CC(F)(F)C2)c2n1[C@@H]1CC1C2. The van der Waals surface area contributed by atoms with Crippen LogP contribution in [0.5, 0.6) is 0 Å². The van der Waals surface area contributed by atoms with Crippen LogP contribution in [0.1, 0.15) is 64.3 Å². The third-order valence-electron chi connectivity index (χ3n) is 7.40. The van der Waals surface area contributed by atoms with Gasteiger partial charge in [-0.05, 0) is 49.8 Å². The zero-order valence-electron chi connectivity index (χ0n) is 21.1. The Hall–Kier alpha value is -3.56. The van der Waals surface area contributed by atoms with Gasteiger partial charge in [-0.3, -0.25) is 14.4 Å². The first-order chi connectivity index (χ1) is 17.4. The maximum atomic E-state index is 14.2. The van der Waals surface area contributed by atoms with Gasteiger partial charge in [0, 0.05) is 43.7 Å². The predicted octanol–water partition coefficient (Wildman–Crippen LogP) is 3.83. The number of Topliss-reactive ketones (excluding diaryl/α,β-unsaturated/α-hetero) is 1. The zero-order valence-corrected chi connectivity index (χ0v) is 21.1. The van der Waals surface area contributed by atoms with Gasteiger partial charge in [-0.25, -0.2) is 13.2 Å². The van der Waals surface area contributed by atoms with E-state index in [1.165, 1.54) is 25.3 Å². The molecule has 198 valence electrons. The molecule has 37 heavy (non-hydrogen) atoms. The van der Waals surface area contributed by atoms with Crippen molar-refractivity contribution < 1.29 is 27.6 Å². The molecule has 1 aromatic rings. The van der Waals surface area contributed by atoms with Gasteiger partial charge in [-0.2, -0.15) is 0 Å². The molecule has 0 radical (unpaired) electrons. The second kappa shape index (κ2) is 9.39. The topological polar surface area (TPSA) is 92.2 Å². The second-order valence-corrected chi connectivity index (χ2v) is 10.1. The normalized spacial score (nSPS) is 22.8. The number of halogens is 3. The maximum Gasteiger partial charge on any atom is 0.268 e. The number of carbonyl (C=O) groups is 3. The first kappa shape index (κ1) is 26.5. The summed E-state index contributed by atoms with van der Waals surface area (Å²) in [5.74, 6) is -4.82. The van der Waals surface area contributed by atoms with E-state index in [1.807, 2.05) is 4.57 Å². The summed E-state index contributed by atoms with van der Waals surface area (Å²) in [6.45, 7) is 10.5. The fraction of sp³-hybridized carbons (Fsp3) is 0.444. The summed E-state index contributed by atoms with van der Waals surface area (Å²) < 4.78 is 43.4. The lowest BCUT2D eigenvalue weighted by Crippen LogP contribution is -2.68. The van der Waals surface area contributed by atoms with E-state index >= 15 is 0 Å². The number of carbonyl (C=O) groups excluding carboxylic acids is 3. The van der Waals surface area contributed by atoms with Crippen molar-refractivity contribution in [1.29, 1.82) is 0 Å². The standard InChI is InChI=1S/C27H31F3N4O3/c1-6-7-14(2)18(28)8-9-32-24(36)22-15(3)21(20-11-17-10-19(17)34(20)22)23(35)16(4)33-26(25(37)31-5)12-27(29,30)13-26/h6-8,17,19,33H,1,4,9-13H2,2-3,5H3,(H,31,37)(H,32,36)/b14-7-,18-8+/t17?,19-/m1/s1. The van der Waals surface area contributed by atoms with Crippen molar-refractivity contribution in [2.24, 2.45) is 5.92 Å². The third kappa shape index (κ3) is 4.65. The number of hydrogen-bond donors (Lipinski definition) is 3. The molecule has 2 aliphatic carbocycles. The fourth-order valence-electron chi connectivity index (χ4n) is 5.54. The highest BCUT2D eigenvalue weighted by atomic mass is 19.3. The molecule has 7 nitrogen and oxygen atoms in total. The molecule has 2 atom stereocenters. The van der Waals surface area contributed by atoms with Crippen LogP contribution in [0.25, 0.3) is 0 Å². The number of hydrogen-bond acceptors (Lipinski definition) is 4. The number of aromatic nitrogens is 1. The van der Waals surface area contributed by atoms with Gasteiger partial charge < -0.3 is 20.5 Å². The molecule has 3 N–H and O–H groups in total. The summed E-state index contributed by atoms with van der Waals surface area (Å²) in [4.78, 5) is 39.0. The average molecular weight is 517 g/mol. The Bertz CT molecular complexity index is 1270. The molecule has 1 aromatic heterocycles. The van der Waals surface area contributed by atoms with E-state index in [0.717, 1.165) is 6.42 Å². The Morgan fingerprint density at radius 1 is 1.24 bits per heavy atom. The lowest BCUT2D eigenvalue weighted by Gasteiger charge is -2.46. The molecular weight excluding hydrogens is 485 g/mol. The second-order valence-electron chi connectivity index (χ2n) is 10.1. The molecule has 1 unspecified atom stereocenters. The van der Waals surface area contributed by atoms with E-state index in [9.17, 15) is 27.6 Å². The van der Waals surface area contributed by atoms with E-state index in [-0.39, 0.29) is 18.3 Å². The van der Waals surface area contributed by atoms with Crippen LogP contribution in [-0.4, -0.2) is 47.2 Å². The molecule has 0 aromatic carbocycles. The van der Waals surface area contributed by atoms with Gasteiger partial charge in [0.2, 0.25) is 11.7 Å².